The first-order valence-corrected chi connectivity index (χ1v) is 14.2. The molecule has 1 fully saturated rings. The summed E-state index contributed by atoms with van der Waals surface area (Å²) >= 11 is 0. The number of aromatic amines is 1. The van der Waals surface area contributed by atoms with Crippen molar-refractivity contribution in [2.24, 2.45) is 0 Å². The maximum absolute atomic E-state index is 12.8. The molecule has 3 heterocycles. The molecular formula is C27H31N4O2P. The third-order valence-electron chi connectivity index (χ3n) is 6.41. The number of para-hydroxylation sites is 1. The number of aryl methyl sites for hydroxylation is 1. The molecule has 0 spiro atoms. The molecule has 1 aliphatic heterocycles. The standard InChI is InChI=1S/C27H31N4O2P/c1-18-16-28-27-22(26(18)29-23-7-5-6-8-25(23)34(3,4)32)15-24(30-27)19-9-11-20(12-10-19)33-21-13-14-31(2)17-21/h5-12,15-16,21H,13-14,17H2,1-4H3,(H2,28,29,30)/t21-/m0/s1. The number of likely N-dealkylation sites (N-methyl/N-ethyl adjacent to an activating group) is 1. The van der Waals surface area contributed by atoms with Crippen LogP contribution in [0.15, 0.2) is 60.8 Å². The van der Waals surface area contributed by atoms with E-state index in [-0.39, 0.29) is 6.10 Å². The molecule has 0 unspecified atom stereocenters. The van der Waals surface area contributed by atoms with Gasteiger partial charge >= 0.3 is 0 Å². The molecule has 2 N–H and O–H groups in total. The Morgan fingerprint density at radius 2 is 1.91 bits per heavy atom. The molecule has 4 aromatic rings. The van der Waals surface area contributed by atoms with Gasteiger partial charge in [0.05, 0.1) is 5.69 Å². The van der Waals surface area contributed by atoms with E-state index in [9.17, 15) is 4.57 Å². The molecule has 2 aromatic heterocycles. The van der Waals surface area contributed by atoms with E-state index in [0.717, 1.165) is 69.8 Å². The molecule has 0 saturated carbocycles. The van der Waals surface area contributed by atoms with Gasteiger partial charge in [0.15, 0.2) is 0 Å². The van der Waals surface area contributed by atoms with Crippen LogP contribution in [0.4, 0.5) is 11.4 Å². The molecule has 0 bridgehead atoms. The summed E-state index contributed by atoms with van der Waals surface area (Å²) in [4.78, 5) is 10.4. The number of fused-ring (bicyclic) bond motifs is 1. The molecule has 6 nitrogen and oxygen atoms in total. The second-order valence-corrected chi connectivity index (χ2v) is 12.8. The summed E-state index contributed by atoms with van der Waals surface area (Å²) in [6, 6.07) is 18.2. The van der Waals surface area contributed by atoms with Crippen LogP contribution in [0.3, 0.4) is 0 Å². The number of ether oxygens (including phenoxy) is 1. The predicted octanol–water partition coefficient (Wildman–Crippen LogP) is 5.61. The summed E-state index contributed by atoms with van der Waals surface area (Å²) in [5.74, 6) is 0.900. The normalized spacial score (nSPS) is 16.8. The number of pyridine rings is 1. The van der Waals surface area contributed by atoms with Gasteiger partial charge in [0.25, 0.3) is 0 Å². The zero-order chi connectivity index (χ0) is 23.9. The van der Waals surface area contributed by atoms with E-state index in [2.05, 4.69) is 45.4 Å². The van der Waals surface area contributed by atoms with Gasteiger partial charge in [0, 0.05) is 41.4 Å². The number of benzene rings is 2. The molecule has 1 aliphatic rings. The Morgan fingerprint density at radius 1 is 1.15 bits per heavy atom. The van der Waals surface area contributed by atoms with Crippen molar-refractivity contribution in [3.63, 3.8) is 0 Å². The minimum atomic E-state index is -2.43. The zero-order valence-electron chi connectivity index (χ0n) is 20.1. The first-order chi connectivity index (χ1) is 16.3. The summed E-state index contributed by atoms with van der Waals surface area (Å²) in [7, 11) is -0.303. The highest BCUT2D eigenvalue weighted by molar-refractivity contribution is 7.70. The van der Waals surface area contributed by atoms with Crippen molar-refractivity contribution in [1.29, 1.82) is 0 Å². The second-order valence-electron chi connectivity index (χ2n) is 9.57. The summed E-state index contributed by atoms with van der Waals surface area (Å²) in [5, 5.41) is 5.40. The number of H-pyrrole nitrogens is 1. The largest absolute Gasteiger partial charge is 0.489 e. The van der Waals surface area contributed by atoms with Crippen LogP contribution in [-0.4, -0.2) is 54.4 Å². The summed E-state index contributed by atoms with van der Waals surface area (Å²) < 4.78 is 19.0. The van der Waals surface area contributed by atoms with Gasteiger partial charge < -0.3 is 24.5 Å². The van der Waals surface area contributed by atoms with Crippen molar-refractivity contribution in [2.45, 2.75) is 19.4 Å². The number of nitrogens with zero attached hydrogens (tertiary/aromatic N) is 2. The summed E-state index contributed by atoms with van der Waals surface area (Å²) in [5.41, 5.74) is 5.75. The maximum atomic E-state index is 12.8. The number of anilines is 2. The van der Waals surface area contributed by atoms with Gasteiger partial charge in [0.1, 0.15) is 24.6 Å². The van der Waals surface area contributed by atoms with Crippen LogP contribution in [-0.2, 0) is 4.57 Å². The van der Waals surface area contributed by atoms with Crippen molar-refractivity contribution >= 4 is 34.9 Å². The minimum Gasteiger partial charge on any atom is -0.489 e. The lowest BCUT2D eigenvalue weighted by molar-refractivity contribution is 0.208. The smallest absolute Gasteiger partial charge is 0.139 e. The molecule has 1 saturated heterocycles. The lowest BCUT2D eigenvalue weighted by Crippen LogP contribution is -2.21. The van der Waals surface area contributed by atoms with Crippen LogP contribution in [0.2, 0.25) is 0 Å². The molecular weight excluding hydrogens is 443 g/mol. The highest BCUT2D eigenvalue weighted by Crippen LogP contribution is 2.39. The molecule has 0 aliphatic carbocycles. The number of rotatable bonds is 6. The zero-order valence-corrected chi connectivity index (χ0v) is 21.0. The fourth-order valence-electron chi connectivity index (χ4n) is 4.58. The fourth-order valence-corrected chi connectivity index (χ4v) is 5.73. The first-order valence-electron chi connectivity index (χ1n) is 11.6. The highest BCUT2D eigenvalue weighted by Gasteiger charge is 2.21. The van der Waals surface area contributed by atoms with Crippen molar-refractivity contribution in [1.82, 2.24) is 14.9 Å². The van der Waals surface area contributed by atoms with Crippen molar-refractivity contribution in [2.75, 3.05) is 38.8 Å². The van der Waals surface area contributed by atoms with Crippen LogP contribution >= 0.6 is 7.14 Å². The van der Waals surface area contributed by atoms with Crippen LogP contribution in [0, 0.1) is 6.92 Å². The van der Waals surface area contributed by atoms with E-state index in [1.165, 1.54) is 0 Å². The topological polar surface area (TPSA) is 70.2 Å². The van der Waals surface area contributed by atoms with E-state index >= 15 is 0 Å². The molecule has 7 heteroatoms. The Labute approximate surface area is 200 Å². The van der Waals surface area contributed by atoms with Gasteiger partial charge in [0.2, 0.25) is 0 Å². The van der Waals surface area contributed by atoms with Gasteiger partial charge in [-0.3, -0.25) is 0 Å². The van der Waals surface area contributed by atoms with Gasteiger partial charge in [-0.1, -0.05) is 12.1 Å². The summed E-state index contributed by atoms with van der Waals surface area (Å²) in [6.45, 7) is 7.69. The van der Waals surface area contributed by atoms with Gasteiger partial charge in [-0.05, 0) is 87.3 Å². The summed E-state index contributed by atoms with van der Waals surface area (Å²) in [6.07, 6.45) is 3.19. The van der Waals surface area contributed by atoms with E-state index < -0.39 is 7.14 Å². The number of aromatic nitrogens is 2. The SMILES string of the molecule is Cc1cnc2[nH]c(-c3ccc(O[C@H]4CCN(C)C4)cc3)cc2c1Nc1ccccc1P(C)(C)=O. The van der Waals surface area contributed by atoms with Crippen molar-refractivity contribution in [3.05, 3.63) is 66.4 Å². The van der Waals surface area contributed by atoms with E-state index in [0.29, 0.717) is 0 Å². The van der Waals surface area contributed by atoms with Crippen LogP contribution in [0.5, 0.6) is 5.75 Å². The van der Waals surface area contributed by atoms with Crippen LogP contribution in [0.1, 0.15) is 12.0 Å². The molecule has 1 atom stereocenters. The molecule has 5 rings (SSSR count). The average molecular weight is 475 g/mol. The quantitative estimate of drug-likeness (QED) is 0.355. The molecule has 0 radical (unpaired) electrons. The van der Waals surface area contributed by atoms with Crippen LogP contribution < -0.4 is 15.4 Å². The Hall–Kier alpha value is -3.08. The van der Waals surface area contributed by atoms with Crippen LogP contribution in [0.25, 0.3) is 22.3 Å². The van der Waals surface area contributed by atoms with Gasteiger partial charge in [-0.15, -0.1) is 0 Å². The number of nitrogens with one attached hydrogen (secondary N) is 2. The third-order valence-corrected chi connectivity index (χ3v) is 7.96. The van der Waals surface area contributed by atoms with Crippen molar-refractivity contribution in [3.8, 4) is 17.0 Å². The minimum absolute atomic E-state index is 0.258. The Kier molecular flexibility index (Phi) is 5.97. The third kappa shape index (κ3) is 4.61. The number of hydrogen-bond acceptors (Lipinski definition) is 5. The molecule has 176 valence electrons. The van der Waals surface area contributed by atoms with E-state index in [4.69, 9.17) is 4.74 Å². The van der Waals surface area contributed by atoms with Gasteiger partial charge in [-0.25, -0.2) is 4.98 Å². The van der Waals surface area contributed by atoms with Gasteiger partial charge in [-0.2, -0.15) is 0 Å². The number of hydrogen-bond donors (Lipinski definition) is 2. The van der Waals surface area contributed by atoms with Crippen molar-refractivity contribution < 1.29 is 9.30 Å². The maximum Gasteiger partial charge on any atom is 0.139 e. The second kappa shape index (κ2) is 8.94. The average Bonchev–Trinajstić information content (AvgIpc) is 3.42. The Morgan fingerprint density at radius 3 is 2.62 bits per heavy atom. The van der Waals surface area contributed by atoms with E-state index in [1.54, 1.807) is 13.3 Å². The first kappa shape index (κ1) is 22.7. The fraction of sp³-hybridized carbons (Fsp3) is 0.296. The Balaban J connectivity index is 1.45. The monoisotopic (exact) mass is 474 g/mol. The predicted molar refractivity (Wildman–Crippen MR) is 142 cm³/mol. The Bertz CT molecular complexity index is 1370. The number of likely N-dealkylation sites (tertiary alicyclic amines) is 1. The molecule has 34 heavy (non-hydrogen) atoms. The molecule has 0 amide bonds. The van der Waals surface area contributed by atoms with E-state index in [1.807, 2.05) is 49.5 Å². The lowest BCUT2D eigenvalue weighted by atomic mass is 10.1. The highest BCUT2D eigenvalue weighted by atomic mass is 31.2. The lowest BCUT2D eigenvalue weighted by Gasteiger charge is -2.16. The molecule has 2 aromatic carbocycles.